The molecule has 0 fully saturated rings. The first-order valence-corrected chi connectivity index (χ1v) is 6.49. The number of benzene rings is 1. The van der Waals surface area contributed by atoms with Gasteiger partial charge in [0.05, 0.1) is 11.4 Å². The maximum absolute atomic E-state index is 13.6. The fraction of sp³-hybridized carbons (Fsp3) is 0.357. The average molecular weight is 277 g/mol. The van der Waals surface area contributed by atoms with Crippen molar-refractivity contribution in [2.24, 2.45) is 0 Å². The van der Waals surface area contributed by atoms with Crippen molar-refractivity contribution in [2.75, 3.05) is 0 Å². The highest BCUT2D eigenvalue weighted by atomic mass is 19.1. The van der Waals surface area contributed by atoms with Gasteiger partial charge < -0.3 is 5.11 Å². The van der Waals surface area contributed by atoms with Gasteiger partial charge in [-0.15, -0.1) is 5.10 Å². The maximum Gasteiger partial charge on any atom is 0.356 e. The number of hydrogen-bond acceptors (Lipinski definition) is 3. The van der Waals surface area contributed by atoms with Crippen molar-refractivity contribution in [2.45, 2.75) is 33.1 Å². The molecule has 0 unspecified atom stereocenters. The standard InChI is InChI=1S/C14H16FN3O2/c1-3-4-5-12-13(14(19)20)18(17-16-12)10-7-6-9(2)11(15)8-10/h6-8H,3-5H2,1-2H3,(H,19,20). The van der Waals surface area contributed by atoms with Crippen LogP contribution in [-0.2, 0) is 6.42 Å². The van der Waals surface area contributed by atoms with Crippen LogP contribution in [0.25, 0.3) is 5.69 Å². The largest absolute Gasteiger partial charge is 0.476 e. The number of aryl methyl sites for hydroxylation is 2. The summed E-state index contributed by atoms with van der Waals surface area (Å²) in [4.78, 5) is 11.4. The molecule has 0 atom stereocenters. The number of carbonyl (C=O) groups is 1. The predicted molar refractivity (Wildman–Crippen MR) is 71.6 cm³/mol. The molecule has 1 aromatic carbocycles. The fourth-order valence-electron chi connectivity index (χ4n) is 1.93. The van der Waals surface area contributed by atoms with Gasteiger partial charge in [0.25, 0.3) is 0 Å². The van der Waals surface area contributed by atoms with Crippen molar-refractivity contribution in [1.82, 2.24) is 15.0 Å². The second-order valence-electron chi connectivity index (χ2n) is 4.64. The summed E-state index contributed by atoms with van der Waals surface area (Å²) in [5.74, 6) is -1.51. The van der Waals surface area contributed by atoms with Crippen molar-refractivity contribution < 1.29 is 14.3 Å². The molecule has 1 heterocycles. The van der Waals surface area contributed by atoms with E-state index in [-0.39, 0.29) is 5.69 Å². The molecule has 0 aliphatic rings. The number of carboxylic acid groups (broad SMARTS) is 1. The summed E-state index contributed by atoms with van der Waals surface area (Å²) in [6, 6.07) is 4.48. The Bertz CT molecular complexity index is 637. The summed E-state index contributed by atoms with van der Waals surface area (Å²) < 4.78 is 14.8. The van der Waals surface area contributed by atoms with E-state index < -0.39 is 11.8 Å². The Labute approximate surface area is 116 Å². The van der Waals surface area contributed by atoms with Gasteiger partial charge >= 0.3 is 5.97 Å². The summed E-state index contributed by atoms with van der Waals surface area (Å²) in [7, 11) is 0. The molecule has 6 heteroatoms. The van der Waals surface area contributed by atoms with Crippen LogP contribution in [-0.4, -0.2) is 26.1 Å². The molecule has 0 bridgehead atoms. The van der Waals surface area contributed by atoms with Crippen LogP contribution in [0.15, 0.2) is 18.2 Å². The summed E-state index contributed by atoms with van der Waals surface area (Å²) in [6.07, 6.45) is 2.32. The van der Waals surface area contributed by atoms with Gasteiger partial charge in [0.15, 0.2) is 5.69 Å². The number of unbranched alkanes of at least 4 members (excludes halogenated alkanes) is 1. The lowest BCUT2D eigenvalue weighted by molar-refractivity contribution is 0.0685. The zero-order valence-corrected chi connectivity index (χ0v) is 11.4. The second-order valence-corrected chi connectivity index (χ2v) is 4.64. The van der Waals surface area contributed by atoms with Crippen molar-refractivity contribution in [3.8, 4) is 5.69 Å². The van der Waals surface area contributed by atoms with E-state index in [1.165, 1.54) is 10.7 Å². The van der Waals surface area contributed by atoms with Crippen molar-refractivity contribution >= 4 is 5.97 Å². The highest BCUT2D eigenvalue weighted by molar-refractivity contribution is 5.87. The van der Waals surface area contributed by atoms with Gasteiger partial charge in [-0.2, -0.15) is 0 Å². The molecule has 1 aromatic heterocycles. The van der Waals surface area contributed by atoms with E-state index in [0.29, 0.717) is 23.4 Å². The highest BCUT2D eigenvalue weighted by Crippen LogP contribution is 2.17. The number of aromatic nitrogens is 3. The quantitative estimate of drug-likeness (QED) is 0.912. The van der Waals surface area contributed by atoms with E-state index in [1.807, 2.05) is 6.92 Å². The molecule has 1 N–H and O–H groups in total. The minimum atomic E-state index is -1.11. The molecule has 0 saturated heterocycles. The number of rotatable bonds is 5. The van der Waals surface area contributed by atoms with E-state index in [1.54, 1.807) is 19.1 Å². The van der Waals surface area contributed by atoms with Gasteiger partial charge in [0.1, 0.15) is 5.82 Å². The second kappa shape index (κ2) is 5.81. The van der Waals surface area contributed by atoms with Crippen LogP contribution in [0.1, 0.15) is 41.5 Å². The number of aromatic carboxylic acids is 1. The molecule has 2 aromatic rings. The third-order valence-electron chi connectivity index (χ3n) is 3.11. The van der Waals surface area contributed by atoms with Crippen molar-refractivity contribution in [3.63, 3.8) is 0 Å². The predicted octanol–water partition coefficient (Wildman–Crippen LogP) is 2.76. The van der Waals surface area contributed by atoms with E-state index >= 15 is 0 Å². The lowest BCUT2D eigenvalue weighted by atomic mass is 10.1. The van der Waals surface area contributed by atoms with Crippen molar-refractivity contribution in [1.29, 1.82) is 0 Å². The summed E-state index contributed by atoms with van der Waals surface area (Å²) in [6.45, 7) is 3.66. The Morgan fingerprint density at radius 1 is 1.45 bits per heavy atom. The SMILES string of the molecule is CCCCc1nnn(-c2ccc(C)c(F)c2)c1C(=O)O. The Morgan fingerprint density at radius 3 is 2.80 bits per heavy atom. The first-order valence-electron chi connectivity index (χ1n) is 6.49. The topological polar surface area (TPSA) is 68.0 Å². The molecule has 0 saturated carbocycles. The van der Waals surface area contributed by atoms with Gasteiger partial charge in [0.2, 0.25) is 0 Å². The van der Waals surface area contributed by atoms with Gasteiger partial charge in [-0.25, -0.2) is 13.9 Å². The highest BCUT2D eigenvalue weighted by Gasteiger charge is 2.20. The van der Waals surface area contributed by atoms with Gasteiger partial charge in [-0.1, -0.05) is 24.6 Å². The van der Waals surface area contributed by atoms with Gasteiger partial charge in [-0.05, 0) is 37.5 Å². The minimum absolute atomic E-state index is 0.00158. The minimum Gasteiger partial charge on any atom is -0.476 e. The lowest BCUT2D eigenvalue weighted by Gasteiger charge is -2.05. The molecule has 0 spiro atoms. The molecule has 5 nitrogen and oxygen atoms in total. The number of carboxylic acids is 1. The van der Waals surface area contributed by atoms with Gasteiger partial charge in [0, 0.05) is 0 Å². The number of nitrogens with zero attached hydrogens (tertiary/aromatic N) is 3. The zero-order valence-electron chi connectivity index (χ0n) is 11.4. The van der Waals surface area contributed by atoms with Gasteiger partial charge in [-0.3, -0.25) is 0 Å². The monoisotopic (exact) mass is 277 g/mol. The Balaban J connectivity index is 2.48. The van der Waals surface area contributed by atoms with E-state index in [9.17, 15) is 14.3 Å². The number of halogens is 1. The Kier molecular flexibility index (Phi) is 4.12. The average Bonchev–Trinajstić information content (AvgIpc) is 2.83. The third kappa shape index (κ3) is 2.68. The van der Waals surface area contributed by atoms with Crippen LogP contribution in [0, 0.1) is 12.7 Å². The van der Waals surface area contributed by atoms with E-state index in [2.05, 4.69) is 10.3 Å². The molecule has 0 aliphatic heterocycles. The fourth-order valence-corrected chi connectivity index (χ4v) is 1.93. The molecule has 2 rings (SSSR count). The molecule has 0 aliphatic carbocycles. The normalized spacial score (nSPS) is 10.8. The van der Waals surface area contributed by atoms with Crippen LogP contribution in [0.2, 0.25) is 0 Å². The smallest absolute Gasteiger partial charge is 0.356 e. The van der Waals surface area contributed by atoms with Crippen LogP contribution < -0.4 is 0 Å². The van der Waals surface area contributed by atoms with E-state index in [4.69, 9.17) is 0 Å². The van der Waals surface area contributed by atoms with Crippen LogP contribution >= 0.6 is 0 Å². The third-order valence-corrected chi connectivity index (χ3v) is 3.11. The first kappa shape index (κ1) is 14.2. The van der Waals surface area contributed by atoms with Crippen LogP contribution in [0.5, 0.6) is 0 Å². The zero-order chi connectivity index (χ0) is 14.7. The van der Waals surface area contributed by atoms with E-state index in [0.717, 1.165) is 12.8 Å². The molecular weight excluding hydrogens is 261 g/mol. The van der Waals surface area contributed by atoms with Crippen molar-refractivity contribution in [3.05, 3.63) is 41.0 Å². The summed E-state index contributed by atoms with van der Waals surface area (Å²) >= 11 is 0. The summed E-state index contributed by atoms with van der Waals surface area (Å²) in [5.41, 5.74) is 1.29. The van der Waals surface area contributed by atoms with Crippen LogP contribution in [0.3, 0.4) is 0 Å². The maximum atomic E-state index is 13.6. The number of hydrogen-bond donors (Lipinski definition) is 1. The molecular formula is C14H16FN3O2. The molecule has 0 radical (unpaired) electrons. The molecule has 106 valence electrons. The lowest BCUT2D eigenvalue weighted by Crippen LogP contribution is -2.10. The molecule has 20 heavy (non-hydrogen) atoms. The first-order chi connectivity index (χ1) is 9.54. The summed E-state index contributed by atoms with van der Waals surface area (Å²) in [5, 5.41) is 17.1. The van der Waals surface area contributed by atoms with Crippen LogP contribution in [0.4, 0.5) is 4.39 Å². The Morgan fingerprint density at radius 2 is 2.20 bits per heavy atom. The Hall–Kier alpha value is -2.24. The molecule has 0 amide bonds.